The Labute approximate surface area is 169 Å². The van der Waals surface area contributed by atoms with E-state index >= 15 is 0 Å². The number of aromatic nitrogens is 2. The number of rotatable bonds is 1. The Kier molecular flexibility index (Phi) is 4.12. The summed E-state index contributed by atoms with van der Waals surface area (Å²) in [5.41, 5.74) is 12.4. The third-order valence-corrected chi connectivity index (χ3v) is 6.79. The number of hydrogen-bond acceptors (Lipinski definition) is 7. The quantitative estimate of drug-likeness (QED) is 0.453. The van der Waals surface area contributed by atoms with E-state index in [1.807, 2.05) is 0 Å². The number of benzene rings is 2. The van der Waals surface area contributed by atoms with Gasteiger partial charge in [-0.1, -0.05) is 34.8 Å². The zero-order chi connectivity index (χ0) is 19.5. The molecule has 4 N–H and O–H groups in total. The third-order valence-electron chi connectivity index (χ3n) is 3.99. The predicted octanol–water partition coefficient (Wildman–Crippen LogP) is 4.22. The van der Waals surface area contributed by atoms with Gasteiger partial charge in [-0.3, -0.25) is 4.90 Å². The van der Waals surface area contributed by atoms with Crippen LogP contribution >= 0.6 is 34.8 Å². The monoisotopic (exact) mass is 441 g/mol. The van der Waals surface area contributed by atoms with Gasteiger partial charge < -0.3 is 11.5 Å². The highest BCUT2D eigenvalue weighted by atomic mass is 35.5. The summed E-state index contributed by atoms with van der Waals surface area (Å²) in [5.74, 6) is -0.398. The number of sulfone groups is 1. The van der Waals surface area contributed by atoms with Gasteiger partial charge in [-0.25, -0.2) is 8.42 Å². The van der Waals surface area contributed by atoms with Crippen LogP contribution in [0.3, 0.4) is 0 Å². The summed E-state index contributed by atoms with van der Waals surface area (Å²) in [6.45, 7) is 0. The molecular weight excluding hydrogens is 433 g/mol. The van der Waals surface area contributed by atoms with Gasteiger partial charge in [0.15, 0.2) is 16.5 Å². The molecule has 1 aromatic heterocycles. The summed E-state index contributed by atoms with van der Waals surface area (Å²) in [6, 6.07) is 9.32. The van der Waals surface area contributed by atoms with E-state index in [2.05, 4.69) is 9.97 Å². The van der Waals surface area contributed by atoms with Crippen molar-refractivity contribution in [3.05, 3.63) is 51.5 Å². The molecule has 0 amide bonds. The minimum absolute atomic E-state index is 0.0215. The highest BCUT2D eigenvalue weighted by molar-refractivity contribution is 7.92. The van der Waals surface area contributed by atoms with E-state index in [0.717, 1.165) is 0 Å². The maximum absolute atomic E-state index is 13.1. The molecule has 3 aromatic rings. The van der Waals surface area contributed by atoms with E-state index in [4.69, 9.17) is 46.3 Å². The van der Waals surface area contributed by atoms with Gasteiger partial charge in [-0.05, 0) is 36.4 Å². The minimum atomic E-state index is -4.02. The molecule has 2 aromatic carbocycles. The molecule has 0 saturated carbocycles. The lowest BCUT2D eigenvalue weighted by molar-refractivity contribution is 0.594. The van der Waals surface area contributed by atoms with Crippen LogP contribution in [0.1, 0.15) is 0 Å². The Morgan fingerprint density at radius 1 is 0.926 bits per heavy atom. The summed E-state index contributed by atoms with van der Waals surface area (Å²) >= 11 is 18.2. The fourth-order valence-electron chi connectivity index (χ4n) is 2.88. The average molecular weight is 443 g/mol. The number of fused-ring (bicyclic) bond motifs is 2. The molecule has 138 valence electrons. The molecule has 2 heterocycles. The summed E-state index contributed by atoms with van der Waals surface area (Å²) in [7, 11) is -4.02. The SMILES string of the molecule is Nc1nc(N)c2c(n1)N(c1ccc(Cl)c(Cl)c1)c1ccc(Cl)cc1S2(=O)=O. The molecule has 0 fully saturated rings. The number of nitrogens with zero attached hydrogens (tertiary/aromatic N) is 3. The summed E-state index contributed by atoms with van der Waals surface area (Å²) < 4.78 is 26.3. The van der Waals surface area contributed by atoms with Gasteiger partial charge in [0.2, 0.25) is 15.8 Å². The van der Waals surface area contributed by atoms with Crippen LogP contribution in [0.15, 0.2) is 46.2 Å². The molecule has 7 nitrogen and oxygen atoms in total. The first-order valence-electron chi connectivity index (χ1n) is 7.43. The zero-order valence-electron chi connectivity index (χ0n) is 13.3. The molecule has 11 heteroatoms. The van der Waals surface area contributed by atoms with Crippen molar-refractivity contribution in [3.8, 4) is 0 Å². The van der Waals surface area contributed by atoms with Crippen LogP contribution in [0.4, 0.5) is 29.0 Å². The molecule has 0 unspecified atom stereocenters. The van der Waals surface area contributed by atoms with Crippen LogP contribution in [0.5, 0.6) is 0 Å². The fourth-order valence-corrected chi connectivity index (χ4v) is 5.04. The molecule has 0 atom stereocenters. The van der Waals surface area contributed by atoms with Gasteiger partial charge >= 0.3 is 0 Å². The normalized spacial score (nSPS) is 14.6. The Hall–Kier alpha value is -2.26. The summed E-state index contributed by atoms with van der Waals surface area (Å²) in [4.78, 5) is 9.20. The molecule has 0 spiro atoms. The van der Waals surface area contributed by atoms with E-state index in [9.17, 15) is 8.42 Å². The topological polar surface area (TPSA) is 115 Å². The van der Waals surface area contributed by atoms with Crippen molar-refractivity contribution in [1.29, 1.82) is 0 Å². The van der Waals surface area contributed by atoms with Gasteiger partial charge in [0.25, 0.3) is 0 Å². The summed E-state index contributed by atoms with van der Waals surface area (Å²) in [5, 5.41) is 0.891. The van der Waals surface area contributed by atoms with E-state index in [0.29, 0.717) is 16.4 Å². The number of hydrogen-bond donors (Lipinski definition) is 2. The highest BCUT2D eigenvalue weighted by Crippen LogP contribution is 2.49. The van der Waals surface area contributed by atoms with E-state index in [1.165, 1.54) is 6.07 Å². The molecule has 1 aliphatic rings. The second kappa shape index (κ2) is 6.13. The Morgan fingerprint density at radius 2 is 1.67 bits per heavy atom. The van der Waals surface area contributed by atoms with Gasteiger partial charge in [0.1, 0.15) is 0 Å². The van der Waals surface area contributed by atoms with Crippen LogP contribution in [0.25, 0.3) is 0 Å². The van der Waals surface area contributed by atoms with Crippen LogP contribution in [-0.2, 0) is 9.84 Å². The molecular formula is C16H10Cl3N5O2S. The van der Waals surface area contributed by atoms with Crippen LogP contribution in [0.2, 0.25) is 15.1 Å². The van der Waals surface area contributed by atoms with Gasteiger partial charge in [0.05, 0.1) is 20.6 Å². The van der Waals surface area contributed by atoms with Crippen molar-refractivity contribution in [2.24, 2.45) is 0 Å². The second-order valence-electron chi connectivity index (χ2n) is 5.67. The van der Waals surface area contributed by atoms with Gasteiger partial charge in [-0.15, -0.1) is 0 Å². The van der Waals surface area contributed by atoms with Crippen LogP contribution < -0.4 is 16.4 Å². The fraction of sp³-hybridized carbons (Fsp3) is 0. The van der Waals surface area contributed by atoms with Gasteiger partial charge in [0, 0.05) is 10.7 Å². The lowest BCUT2D eigenvalue weighted by Crippen LogP contribution is -2.25. The van der Waals surface area contributed by atoms with E-state index in [-0.39, 0.29) is 37.4 Å². The minimum Gasteiger partial charge on any atom is -0.382 e. The standard InChI is InChI=1S/C16H10Cl3N5O2S/c17-7-1-4-11-12(5-7)27(25,26)13-14(20)22-16(21)23-15(13)24(11)8-2-3-9(18)10(19)6-8/h1-6H,(H4,20,21,22,23). The first-order valence-corrected chi connectivity index (χ1v) is 10.0. The van der Waals surface area contributed by atoms with Crippen molar-refractivity contribution in [1.82, 2.24) is 9.97 Å². The van der Waals surface area contributed by atoms with Gasteiger partial charge in [-0.2, -0.15) is 9.97 Å². The molecule has 4 rings (SSSR count). The Morgan fingerprint density at radius 3 is 2.37 bits per heavy atom. The summed E-state index contributed by atoms with van der Waals surface area (Å²) in [6.07, 6.45) is 0. The number of anilines is 5. The largest absolute Gasteiger partial charge is 0.382 e. The number of nitrogens with two attached hydrogens (primary N) is 2. The second-order valence-corrected chi connectivity index (χ2v) is 8.77. The maximum Gasteiger partial charge on any atom is 0.224 e. The van der Waals surface area contributed by atoms with Crippen LogP contribution in [-0.4, -0.2) is 18.4 Å². The van der Waals surface area contributed by atoms with Crippen molar-refractivity contribution in [3.63, 3.8) is 0 Å². The predicted molar refractivity (Wildman–Crippen MR) is 106 cm³/mol. The molecule has 0 saturated heterocycles. The molecule has 1 aliphatic heterocycles. The third kappa shape index (κ3) is 2.76. The smallest absolute Gasteiger partial charge is 0.224 e. The lowest BCUT2D eigenvalue weighted by atomic mass is 10.2. The number of nitrogen functional groups attached to an aromatic ring is 2. The van der Waals surface area contributed by atoms with Crippen molar-refractivity contribution < 1.29 is 8.42 Å². The first-order chi connectivity index (χ1) is 12.7. The number of halogens is 3. The average Bonchev–Trinajstić information content (AvgIpc) is 2.58. The van der Waals surface area contributed by atoms with Crippen LogP contribution in [0, 0.1) is 0 Å². The first kappa shape index (κ1) is 18.1. The molecule has 0 bridgehead atoms. The maximum atomic E-state index is 13.1. The van der Waals surface area contributed by atoms with E-state index in [1.54, 1.807) is 35.2 Å². The molecule has 27 heavy (non-hydrogen) atoms. The Bertz CT molecular complexity index is 1220. The van der Waals surface area contributed by atoms with E-state index < -0.39 is 9.84 Å². The Balaban J connectivity index is 2.13. The zero-order valence-corrected chi connectivity index (χ0v) is 16.4. The lowest BCUT2D eigenvalue weighted by Gasteiger charge is -2.32. The molecule has 0 aliphatic carbocycles. The van der Waals surface area contributed by atoms with Crippen molar-refractivity contribution in [2.75, 3.05) is 16.4 Å². The molecule has 0 radical (unpaired) electrons. The van der Waals surface area contributed by atoms with Crippen molar-refractivity contribution >= 4 is 73.6 Å². The highest BCUT2D eigenvalue weighted by Gasteiger charge is 2.39. The van der Waals surface area contributed by atoms with Crippen molar-refractivity contribution in [2.45, 2.75) is 9.79 Å².